The summed E-state index contributed by atoms with van der Waals surface area (Å²) in [4.78, 5) is 44.3. The Kier molecular flexibility index (Phi) is 15.1. The van der Waals surface area contributed by atoms with Crippen LogP contribution in [0, 0.1) is 11.8 Å². The SMILES string of the molecule is COc1ccc(CCC[C@@H](C(=O)N[C@@H](Cc2c[nH]c3ccccc23)C(=O)NCCc2ccccc2)[C@H](CCCCCCc2ccccc2)C(=O)O)cc1. The number of nitrogens with one attached hydrogen (secondary N) is 3. The molecular formula is C45H53N3O5. The molecule has 0 aliphatic heterocycles. The number of rotatable bonds is 22. The molecule has 0 aliphatic rings. The average molecular weight is 716 g/mol. The average Bonchev–Trinajstić information content (AvgIpc) is 3.59. The van der Waals surface area contributed by atoms with Crippen molar-refractivity contribution in [3.05, 3.63) is 138 Å². The summed E-state index contributed by atoms with van der Waals surface area (Å²) < 4.78 is 5.30. The minimum Gasteiger partial charge on any atom is -0.497 e. The zero-order valence-corrected chi connectivity index (χ0v) is 30.8. The third-order valence-electron chi connectivity index (χ3n) is 10.1. The summed E-state index contributed by atoms with van der Waals surface area (Å²) in [7, 11) is 1.63. The van der Waals surface area contributed by atoms with Gasteiger partial charge in [-0.2, -0.15) is 0 Å². The molecule has 0 fully saturated rings. The van der Waals surface area contributed by atoms with Gasteiger partial charge in [-0.25, -0.2) is 0 Å². The van der Waals surface area contributed by atoms with Crippen LogP contribution < -0.4 is 15.4 Å². The molecule has 4 N–H and O–H groups in total. The van der Waals surface area contributed by atoms with Crippen molar-refractivity contribution in [2.75, 3.05) is 13.7 Å². The molecule has 2 amide bonds. The van der Waals surface area contributed by atoms with Crippen molar-refractivity contribution >= 4 is 28.7 Å². The van der Waals surface area contributed by atoms with Gasteiger partial charge in [0, 0.05) is 30.1 Å². The van der Waals surface area contributed by atoms with Crippen molar-refractivity contribution in [2.45, 2.75) is 76.7 Å². The quantitative estimate of drug-likeness (QED) is 0.0540. The number of aliphatic carboxylic acids is 1. The van der Waals surface area contributed by atoms with Crippen LogP contribution in [0.4, 0.5) is 0 Å². The number of benzene rings is 4. The van der Waals surface area contributed by atoms with Crippen LogP contribution in [0.25, 0.3) is 10.9 Å². The van der Waals surface area contributed by atoms with Gasteiger partial charge in [-0.1, -0.05) is 110 Å². The van der Waals surface area contributed by atoms with Crippen LogP contribution in [-0.4, -0.2) is 47.6 Å². The number of aryl methyl sites for hydroxylation is 2. The van der Waals surface area contributed by atoms with Gasteiger partial charge in [-0.3, -0.25) is 14.4 Å². The highest BCUT2D eigenvalue weighted by Gasteiger charge is 2.35. The van der Waals surface area contributed by atoms with Crippen molar-refractivity contribution in [1.29, 1.82) is 0 Å². The highest BCUT2D eigenvalue weighted by molar-refractivity contribution is 5.91. The van der Waals surface area contributed by atoms with Crippen molar-refractivity contribution in [2.24, 2.45) is 11.8 Å². The number of hydrogen-bond acceptors (Lipinski definition) is 4. The molecule has 3 atom stereocenters. The third kappa shape index (κ3) is 12.1. The normalized spacial score (nSPS) is 12.8. The minimum absolute atomic E-state index is 0.268. The first-order chi connectivity index (χ1) is 25.9. The Hall–Kier alpha value is -5.37. The summed E-state index contributed by atoms with van der Waals surface area (Å²) in [5.74, 6) is -2.54. The number of carbonyl (C=O) groups excluding carboxylic acids is 2. The van der Waals surface area contributed by atoms with Crippen LogP contribution in [-0.2, 0) is 40.1 Å². The Morgan fingerprint density at radius 1 is 0.660 bits per heavy atom. The molecule has 4 aromatic carbocycles. The molecular weight excluding hydrogens is 663 g/mol. The lowest BCUT2D eigenvalue weighted by molar-refractivity contribution is -0.148. The monoisotopic (exact) mass is 715 g/mol. The van der Waals surface area contributed by atoms with E-state index in [1.165, 1.54) is 5.56 Å². The van der Waals surface area contributed by atoms with Crippen LogP contribution in [0.2, 0.25) is 0 Å². The van der Waals surface area contributed by atoms with Gasteiger partial charge < -0.3 is 25.5 Å². The molecule has 1 heterocycles. The van der Waals surface area contributed by atoms with Gasteiger partial charge in [-0.15, -0.1) is 0 Å². The zero-order chi connectivity index (χ0) is 37.3. The van der Waals surface area contributed by atoms with Crippen molar-refractivity contribution in [3.63, 3.8) is 0 Å². The predicted molar refractivity (Wildman–Crippen MR) is 211 cm³/mol. The topological polar surface area (TPSA) is 121 Å². The summed E-state index contributed by atoms with van der Waals surface area (Å²) >= 11 is 0. The molecule has 0 saturated heterocycles. The Labute approximate surface area is 313 Å². The Balaban J connectivity index is 1.29. The van der Waals surface area contributed by atoms with Crippen molar-refractivity contribution in [3.8, 4) is 5.75 Å². The van der Waals surface area contributed by atoms with Crippen LogP contribution in [0.1, 0.15) is 67.2 Å². The van der Waals surface area contributed by atoms with Crippen LogP contribution in [0.15, 0.2) is 115 Å². The van der Waals surface area contributed by atoms with E-state index >= 15 is 0 Å². The fourth-order valence-electron chi connectivity index (χ4n) is 7.13. The Bertz CT molecular complexity index is 1860. The minimum atomic E-state index is -0.973. The van der Waals surface area contributed by atoms with E-state index in [9.17, 15) is 19.5 Å². The number of methoxy groups -OCH3 is 1. The standard InChI is InChI=1S/C45H53N3O5/c1-53-37-27-25-35(26-28-37)20-14-23-39(40(45(51)52)22-11-3-2-6-15-33-16-7-4-8-17-33)43(49)48-42(31-36-32-47-41-24-13-12-21-38(36)41)44(50)46-30-29-34-18-9-5-10-19-34/h4-5,7-10,12-13,16-19,21,24-28,32,39-40,42,47H,2-3,6,11,14-15,20,22-23,29-31H2,1H3,(H,46,50)(H,48,49)(H,51,52)/t39-,40+,42+/m1/s1. The van der Waals surface area contributed by atoms with Gasteiger partial charge in [0.1, 0.15) is 11.8 Å². The summed E-state index contributed by atoms with van der Waals surface area (Å²) in [5, 5.41) is 17.6. The molecule has 278 valence electrons. The van der Waals surface area contributed by atoms with Crippen LogP contribution >= 0.6 is 0 Å². The second-order valence-corrected chi connectivity index (χ2v) is 13.9. The van der Waals surface area contributed by atoms with E-state index in [2.05, 4.69) is 27.8 Å². The number of H-pyrrole nitrogens is 1. The molecule has 5 aromatic rings. The fourth-order valence-corrected chi connectivity index (χ4v) is 7.13. The second kappa shape index (κ2) is 20.6. The van der Waals surface area contributed by atoms with Gasteiger partial charge in [0.2, 0.25) is 11.8 Å². The van der Waals surface area contributed by atoms with E-state index < -0.39 is 23.8 Å². The largest absolute Gasteiger partial charge is 0.497 e. The molecule has 0 unspecified atom stereocenters. The van der Waals surface area contributed by atoms with Crippen molar-refractivity contribution in [1.82, 2.24) is 15.6 Å². The molecule has 0 saturated carbocycles. The molecule has 53 heavy (non-hydrogen) atoms. The highest BCUT2D eigenvalue weighted by Crippen LogP contribution is 2.27. The number of hydrogen-bond donors (Lipinski definition) is 4. The van der Waals surface area contributed by atoms with E-state index in [4.69, 9.17) is 4.74 Å². The number of carboxylic acid groups (broad SMARTS) is 1. The summed E-state index contributed by atoms with van der Waals surface area (Å²) in [6.07, 6.45) is 9.53. The molecule has 5 rings (SSSR count). The van der Waals surface area contributed by atoms with Gasteiger partial charge in [0.25, 0.3) is 0 Å². The van der Waals surface area contributed by atoms with Crippen molar-refractivity contribution < 1.29 is 24.2 Å². The van der Waals surface area contributed by atoms with Gasteiger partial charge in [0.05, 0.1) is 18.9 Å². The highest BCUT2D eigenvalue weighted by atomic mass is 16.5. The molecule has 8 nitrogen and oxygen atoms in total. The van der Waals surface area contributed by atoms with Crippen LogP contribution in [0.5, 0.6) is 5.75 Å². The van der Waals surface area contributed by atoms with Gasteiger partial charge in [-0.05, 0) is 85.4 Å². The van der Waals surface area contributed by atoms with E-state index in [0.29, 0.717) is 45.1 Å². The molecule has 1 aromatic heterocycles. The lowest BCUT2D eigenvalue weighted by Crippen LogP contribution is -2.51. The predicted octanol–water partition coefficient (Wildman–Crippen LogP) is 8.10. The van der Waals surface area contributed by atoms with E-state index in [0.717, 1.165) is 59.0 Å². The third-order valence-corrected chi connectivity index (χ3v) is 10.1. The molecule has 0 bridgehead atoms. The maximum atomic E-state index is 14.3. The summed E-state index contributed by atoms with van der Waals surface area (Å²) in [6, 6.07) is 35.1. The maximum absolute atomic E-state index is 14.3. The van der Waals surface area contributed by atoms with E-state index in [-0.39, 0.29) is 18.2 Å². The maximum Gasteiger partial charge on any atom is 0.307 e. The molecule has 0 aliphatic carbocycles. The first-order valence-corrected chi connectivity index (χ1v) is 19.0. The van der Waals surface area contributed by atoms with Gasteiger partial charge in [0.15, 0.2) is 0 Å². The number of carbonyl (C=O) groups is 3. The molecule has 8 heteroatoms. The number of aromatic amines is 1. The number of fused-ring (bicyclic) bond motifs is 1. The lowest BCUT2D eigenvalue weighted by Gasteiger charge is -2.26. The van der Waals surface area contributed by atoms with E-state index in [1.807, 2.05) is 103 Å². The van der Waals surface area contributed by atoms with E-state index in [1.54, 1.807) is 7.11 Å². The number of unbranched alkanes of at least 4 members (excludes halogenated alkanes) is 3. The van der Waals surface area contributed by atoms with Gasteiger partial charge >= 0.3 is 5.97 Å². The first-order valence-electron chi connectivity index (χ1n) is 19.0. The molecule has 0 radical (unpaired) electrons. The Morgan fingerprint density at radius 3 is 1.96 bits per heavy atom. The molecule has 0 spiro atoms. The zero-order valence-electron chi connectivity index (χ0n) is 30.8. The van der Waals surface area contributed by atoms with Crippen LogP contribution in [0.3, 0.4) is 0 Å². The number of para-hydroxylation sites is 1. The fraction of sp³-hybridized carbons (Fsp3) is 0.356. The smallest absolute Gasteiger partial charge is 0.307 e. The summed E-state index contributed by atoms with van der Waals surface area (Å²) in [5.41, 5.74) is 5.35. The number of aromatic nitrogens is 1. The number of carboxylic acids is 1. The number of amides is 2. The second-order valence-electron chi connectivity index (χ2n) is 13.9. The summed E-state index contributed by atoms with van der Waals surface area (Å²) in [6.45, 7) is 0.413. The lowest BCUT2D eigenvalue weighted by atomic mass is 9.82. The number of ether oxygens (including phenoxy) is 1. The Morgan fingerprint density at radius 2 is 1.26 bits per heavy atom. The first kappa shape index (κ1) is 38.9.